The fourth-order valence-corrected chi connectivity index (χ4v) is 3.25. The van der Waals surface area contributed by atoms with Gasteiger partial charge in [0.2, 0.25) is 0 Å². The predicted octanol–water partition coefficient (Wildman–Crippen LogP) is 0.383. The number of sulfone groups is 1. The quantitative estimate of drug-likeness (QED) is 0.842. The summed E-state index contributed by atoms with van der Waals surface area (Å²) in [5, 5.41) is 12.8. The van der Waals surface area contributed by atoms with Crippen molar-refractivity contribution in [3.8, 4) is 5.75 Å². The van der Waals surface area contributed by atoms with Crippen molar-refractivity contribution >= 4 is 9.84 Å². The molecule has 1 aromatic carbocycles. The Morgan fingerprint density at radius 2 is 2.00 bits per heavy atom. The number of benzene rings is 1. The molecule has 1 aliphatic heterocycles. The Bertz CT molecular complexity index is 584. The first-order chi connectivity index (χ1) is 9.39. The molecule has 2 rings (SSSR count). The molecule has 1 heterocycles. The molecule has 0 aliphatic carbocycles. The number of halogens is 1. The van der Waals surface area contributed by atoms with Crippen LogP contribution < -0.4 is 5.32 Å². The number of piperazine rings is 1. The summed E-state index contributed by atoms with van der Waals surface area (Å²) < 4.78 is 37.2. The van der Waals surface area contributed by atoms with Crippen molar-refractivity contribution in [1.82, 2.24) is 10.2 Å². The number of hydrogen-bond donors (Lipinski definition) is 2. The lowest BCUT2D eigenvalue weighted by molar-refractivity contribution is 0.243. The van der Waals surface area contributed by atoms with Crippen LogP contribution in [0.25, 0.3) is 0 Å². The van der Waals surface area contributed by atoms with Crippen molar-refractivity contribution in [2.75, 3.05) is 39.0 Å². The van der Waals surface area contributed by atoms with Gasteiger partial charge in [-0.2, -0.15) is 0 Å². The van der Waals surface area contributed by atoms with Crippen molar-refractivity contribution < 1.29 is 17.9 Å². The zero-order valence-corrected chi connectivity index (χ0v) is 12.2. The molecule has 1 aliphatic rings. The van der Waals surface area contributed by atoms with E-state index in [0.29, 0.717) is 18.5 Å². The van der Waals surface area contributed by atoms with Gasteiger partial charge < -0.3 is 15.3 Å². The summed E-state index contributed by atoms with van der Waals surface area (Å²) >= 11 is 0. The lowest BCUT2D eigenvalue weighted by Gasteiger charge is -2.27. The third-order valence-corrected chi connectivity index (χ3v) is 4.56. The van der Waals surface area contributed by atoms with Gasteiger partial charge in [0.1, 0.15) is 16.5 Å². The van der Waals surface area contributed by atoms with E-state index in [4.69, 9.17) is 0 Å². The van der Waals surface area contributed by atoms with Crippen LogP contribution in [0.1, 0.15) is 5.56 Å². The summed E-state index contributed by atoms with van der Waals surface area (Å²) in [6, 6.07) is 2.69. The first-order valence-electron chi connectivity index (χ1n) is 6.53. The molecule has 0 unspecified atom stereocenters. The smallest absolute Gasteiger partial charge is 0.182 e. The number of nitrogens with zero attached hydrogens (tertiary/aromatic N) is 1. The van der Waals surface area contributed by atoms with Crippen molar-refractivity contribution in [3.63, 3.8) is 0 Å². The first-order valence-corrected chi connectivity index (χ1v) is 8.42. The van der Waals surface area contributed by atoms with Crippen molar-refractivity contribution in [1.29, 1.82) is 0 Å². The van der Waals surface area contributed by atoms with Crippen molar-refractivity contribution in [2.45, 2.75) is 11.3 Å². The highest BCUT2D eigenvalue weighted by atomic mass is 32.2. The van der Waals surface area contributed by atoms with Gasteiger partial charge in [-0.15, -0.1) is 0 Å². The second-order valence-corrected chi connectivity index (χ2v) is 6.95. The van der Waals surface area contributed by atoms with Gasteiger partial charge in [-0.1, -0.05) is 6.07 Å². The number of phenolic OH excluding ortho intramolecular Hbond substituents is 1. The van der Waals surface area contributed by atoms with Crippen LogP contribution in [0.5, 0.6) is 5.75 Å². The Morgan fingerprint density at radius 3 is 2.60 bits per heavy atom. The van der Waals surface area contributed by atoms with Crippen LogP contribution in [-0.4, -0.2) is 57.4 Å². The average molecular weight is 302 g/mol. The number of aromatic hydroxyl groups is 1. The van der Waals surface area contributed by atoms with Crippen LogP contribution >= 0.6 is 0 Å². The molecule has 20 heavy (non-hydrogen) atoms. The van der Waals surface area contributed by atoms with E-state index in [-0.39, 0.29) is 0 Å². The van der Waals surface area contributed by atoms with E-state index < -0.39 is 26.3 Å². The molecule has 0 atom stereocenters. The Kier molecular flexibility index (Phi) is 4.62. The molecular formula is C13H19FN2O3S. The molecule has 1 aromatic rings. The van der Waals surface area contributed by atoms with E-state index in [1.165, 1.54) is 12.1 Å². The third kappa shape index (κ3) is 3.47. The number of nitrogens with one attached hydrogen (secondary N) is 1. The molecule has 0 radical (unpaired) electrons. The van der Waals surface area contributed by atoms with E-state index >= 15 is 0 Å². The van der Waals surface area contributed by atoms with E-state index in [1.807, 2.05) is 0 Å². The molecule has 0 aromatic heterocycles. The highest BCUT2D eigenvalue weighted by Crippen LogP contribution is 2.28. The number of phenols is 1. The molecule has 7 heteroatoms. The second-order valence-electron chi connectivity index (χ2n) is 5.00. The van der Waals surface area contributed by atoms with Crippen LogP contribution in [0.15, 0.2) is 17.0 Å². The van der Waals surface area contributed by atoms with Gasteiger partial charge in [-0.3, -0.25) is 0 Å². The van der Waals surface area contributed by atoms with Gasteiger partial charge in [-0.25, -0.2) is 12.8 Å². The Morgan fingerprint density at radius 1 is 1.35 bits per heavy atom. The zero-order chi connectivity index (χ0) is 14.8. The summed E-state index contributed by atoms with van der Waals surface area (Å²) in [4.78, 5) is 1.60. The summed E-state index contributed by atoms with van der Waals surface area (Å²) in [6.07, 6.45) is 1.32. The van der Waals surface area contributed by atoms with Gasteiger partial charge in [0.15, 0.2) is 9.84 Å². The predicted molar refractivity (Wildman–Crippen MR) is 74.2 cm³/mol. The molecule has 112 valence electrons. The van der Waals surface area contributed by atoms with Crippen LogP contribution in [-0.2, 0) is 16.3 Å². The third-order valence-electron chi connectivity index (χ3n) is 3.43. The standard InChI is InChI=1S/C13H19FN2O3S/c1-20(18,19)13-11(17)3-2-10(12(13)14)4-7-16-8-5-15-6-9-16/h2-3,15,17H,4-9H2,1H3. The minimum absolute atomic E-state index is 0.321. The lowest BCUT2D eigenvalue weighted by atomic mass is 10.1. The average Bonchev–Trinajstić information content (AvgIpc) is 2.37. The molecule has 0 saturated carbocycles. The van der Waals surface area contributed by atoms with Gasteiger partial charge in [-0.05, 0) is 18.1 Å². The number of hydrogen-bond acceptors (Lipinski definition) is 5. The monoisotopic (exact) mass is 302 g/mol. The minimum Gasteiger partial charge on any atom is -0.506 e. The highest BCUT2D eigenvalue weighted by molar-refractivity contribution is 7.90. The molecule has 1 saturated heterocycles. The SMILES string of the molecule is CS(=O)(=O)c1c(O)ccc(CCN2CCNCC2)c1F. The largest absolute Gasteiger partial charge is 0.506 e. The zero-order valence-electron chi connectivity index (χ0n) is 11.4. The van der Waals surface area contributed by atoms with E-state index in [1.54, 1.807) is 0 Å². The maximum atomic E-state index is 14.2. The molecule has 0 bridgehead atoms. The van der Waals surface area contributed by atoms with Crippen molar-refractivity contribution in [2.24, 2.45) is 0 Å². The number of rotatable bonds is 4. The van der Waals surface area contributed by atoms with Crippen LogP contribution in [0.4, 0.5) is 4.39 Å². The summed E-state index contributed by atoms with van der Waals surface area (Å²) in [7, 11) is -3.78. The summed E-state index contributed by atoms with van der Waals surface area (Å²) in [5.74, 6) is -1.36. The molecule has 2 N–H and O–H groups in total. The van der Waals surface area contributed by atoms with E-state index in [9.17, 15) is 17.9 Å². The highest BCUT2D eigenvalue weighted by Gasteiger charge is 2.22. The van der Waals surface area contributed by atoms with Gasteiger partial charge in [0.05, 0.1) is 0 Å². The second kappa shape index (κ2) is 6.07. The molecule has 1 fully saturated rings. The van der Waals surface area contributed by atoms with Gasteiger partial charge >= 0.3 is 0 Å². The van der Waals surface area contributed by atoms with Crippen LogP contribution in [0, 0.1) is 5.82 Å². The van der Waals surface area contributed by atoms with Crippen LogP contribution in [0.2, 0.25) is 0 Å². The van der Waals surface area contributed by atoms with Crippen molar-refractivity contribution in [3.05, 3.63) is 23.5 Å². The molecular weight excluding hydrogens is 283 g/mol. The lowest BCUT2D eigenvalue weighted by Crippen LogP contribution is -2.44. The van der Waals surface area contributed by atoms with Gasteiger partial charge in [0, 0.05) is 39.0 Å². The fourth-order valence-electron chi connectivity index (χ4n) is 2.35. The summed E-state index contributed by atoms with van der Waals surface area (Å²) in [5.41, 5.74) is 0.321. The molecule has 5 nitrogen and oxygen atoms in total. The van der Waals surface area contributed by atoms with Crippen LogP contribution in [0.3, 0.4) is 0 Å². The maximum Gasteiger partial charge on any atom is 0.182 e. The minimum atomic E-state index is -3.78. The molecule has 0 amide bonds. The van der Waals surface area contributed by atoms with E-state index in [0.717, 1.165) is 32.4 Å². The first kappa shape index (κ1) is 15.2. The van der Waals surface area contributed by atoms with E-state index in [2.05, 4.69) is 10.2 Å². The Labute approximate surface area is 118 Å². The normalized spacial score (nSPS) is 17.3. The Balaban J connectivity index is 2.16. The van der Waals surface area contributed by atoms with Gasteiger partial charge in [0.25, 0.3) is 0 Å². The fraction of sp³-hybridized carbons (Fsp3) is 0.538. The summed E-state index contributed by atoms with van der Waals surface area (Å²) in [6.45, 7) is 4.29. The molecule has 0 spiro atoms. The topological polar surface area (TPSA) is 69.6 Å². The Hall–Kier alpha value is -1.18. The maximum absolute atomic E-state index is 14.2.